The number of aliphatic hydroxyl groups excluding tert-OH is 1. The first-order valence-corrected chi connectivity index (χ1v) is 4.88. The number of phenolic OH excluding ortho intramolecular Hbond substituents is 1. The van der Waals surface area contributed by atoms with Gasteiger partial charge in [0.2, 0.25) is 0 Å². The number of phenols is 1. The van der Waals surface area contributed by atoms with Crippen LogP contribution in [0.25, 0.3) is 0 Å². The summed E-state index contributed by atoms with van der Waals surface area (Å²) in [5.41, 5.74) is 6.36. The van der Waals surface area contributed by atoms with Crippen LogP contribution in [0.5, 0.6) is 5.75 Å². The normalized spacial score (nSPS) is 16.6. The van der Waals surface area contributed by atoms with E-state index in [0.717, 1.165) is 18.4 Å². The monoisotopic (exact) mass is 203 g/mol. The highest BCUT2D eigenvalue weighted by Crippen LogP contribution is 2.44. The fourth-order valence-corrected chi connectivity index (χ4v) is 1.30. The Balaban J connectivity index is 2.21. The molecule has 15 heavy (non-hydrogen) atoms. The summed E-state index contributed by atoms with van der Waals surface area (Å²) in [6.45, 7) is 0.112. The summed E-state index contributed by atoms with van der Waals surface area (Å²) < 4.78 is 0. The Morgan fingerprint density at radius 1 is 1.40 bits per heavy atom. The van der Waals surface area contributed by atoms with E-state index in [9.17, 15) is 5.11 Å². The van der Waals surface area contributed by atoms with Crippen molar-refractivity contribution in [3.05, 3.63) is 23.8 Å². The molecule has 1 aliphatic rings. The lowest BCUT2D eigenvalue weighted by atomic mass is 10.1. The lowest BCUT2D eigenvalue weighted by molar-refractivity contribution is 0.247. The third kappa shape index (κ3) is 2.05. The molecule has 1 fully saturated rings. The number of hydrogen-bond donors (Lipinski definition) is 3. The number of benzene rings is 1. The third-order valence-electron chi connectivity index (χ3n) is 2.66. The predicted octanol–water partition coefficient (Wildman–Crippen LogP) is 1.10. The lowest BCUT2D eigenvalue weighted by Gasteiger charge is -2.00. The summed E-state index contributed by atoms with van der Waals surface area (Å²) in [5, 5.41) is 18.4. The van der Waals surface area contributed by atoms with Gasteiger partial charge in [0.25, 0.3) is 0 Å². The van der Waals surface area contributed by atoms with E-state index in [1.54, 1.807) is 12.1 Å². The minimum absolute atomic E-state index is 0.0515. The number of aromatic hydroxyl groups is 1. The van der Waals surface area contributed by atoms with Crippen LogP contribution < -0.4 is 5.73 Å². The quantitative estimate of drug-likeness (QED) is 0.364. The Bertz CT molecular complexity index is 439. The maximum absolute atomic E-state index is 9.36. The van der Waals surface area contributed by atoms with Crippen molar-refractivity contribution in [3.63, 3.8) is 0 Å². The fraction of sp³-hybridized carbons (Fsp3) is 0.333. The summed E-state index contributed by atoms with van der Waals surface area (Å²) in [4.78, 5) is 0. The van der Waals surface area contributed by atoms with Gasteiger partial charge in [-0.15, -0.1) is 0 Å². The first-order chi connectivity index (χ1) is 7.15. The molecule has 1 saturated carbocycles. The lowest BCUT2D eigenvalue weighted by Crippen LogP contribution is -2.01. The molecule has 3 heteroatoms. The molecular formula is C12H13NO2. The Morgan fingerprint density at radius 3 is 2.67 bits per heavy atom. The number of anilines is 1. The first kappa shape index (κ1) is 9.88. The van der Waals surface area contributed by atoms with Crippen LogP contribution in [0.15, 0.2) is 18.2 Å². The van der Waals surface area contributed by atoms with E-state index in [4.69, 9.17) is 10.8 Å². The van der Waals surface area contributed by atoms with Gasteiger partial charge in [-0.1, -0.05) is 11.8 Å². The van der Waals surface area contributed by atoms with Gasteiger partial charge in [0.15, 0.2) is 0 Å². The van der Waals surface area contributed by atoms with Crippen LogP contribution in [0, 0.1) is 17.3 Å². The van der Waals surface area contributed by atoms with E-state index in [0.29, 0.717) is 5.69 Å². The van der Waals surface area contributed by atoms with Gasteiger partial charge in [-0.2, -0.15) is 0 Å². The molecule has 1 aromatic carbocycles. The van der Waals surface area contributed by atoms with Gasteiger partial charge >= 0.3 is 0 Å². The Labute approximate surface area is 88.5 Å². The standard InChI is InChI=1S/C12H13NO2/c13-10-2-1-9(7-11(10)15)3-4-12(8-14)5-6-12/h1-2,7,14-15H,5-6,8,13H2. The first-order valence-electron chi connectivity index (χ1n) is 4.88. The van der Waals surface area contributed by atoms with E-state index in [1.807, 2.05) is 0 Å². The van der Waals surface area contributed by atoms with Gasteiger partial charge < -0.3 is 15.9 Å². The van der Waals surface area contributed by atoms with Gasteiger partial charge in [0.05, 0.1) is 17.7 Å². The molecule has 78 valence electrons. The second kappa shape index (κ2) is 3.48. The topological polar surface area (TPSA) is 66.5 Å². The van der Waals surface area contributed by atoms with Crippen molar-refractivity contribution in [1.29, 1.82) is 0 Å². The number of hydrogen-bond acceptors (Lipinski definition) is 3. The fourth-order valence-electron chi connectivity index (χ4n) is 1.30. The minimum Gasteiger partial charge on any atom is -0.506 e. The Morgan fingerprint density at radius 2 is 2.13 bits per heavy atom. The van der Waals surface area contributed by atoms with E-state index < -0.39 is 0 Å². The smallest absolute Gasteiger partial charge is 0.139 e. The molecule has 4 N–H and O–H groups in total. The predicted molar refractivity (Wildman–Crippen MR) is 58.2 cm³/mol. The summed E-state index contributed by atoms with van der Waals surface area (Å²) in [6.07, 6.45) is 1.91. The van der Waals surface area contributed by atoms with Gasteiger partial charge in [0.1, 0.15) is 5.75 Å². The average Bonchev–Trinajstić information content (AvgIpc) is 3.01. The molecule has 0 bridgehead atoms. The molecular weight excluding hydrogens is 190 g/mol. The van der Waals surface area contributed by atoms with E-state index >= 15 is 0 Å². The molecule has 0 radical (unpaired) electrons. The summed E-state index contributed by atoms with van der Waals surface area (Å²) in [7, 11) is 0. The second-order valence-electron chi connectivity index (χ2n) is 3.96. The molecule has 0 atom stereocenters. The van der Waals surface area contributed by atoms with Crippen molar-refractivity contribution in [2.75, 3.05) is 12.3 Å². The van der Waals surface area contributed by atoms with Crippen molar-refractivity contribution in [2.24, 2.45) is 5.41 Å². The van der Waals surface area contributed by atoms with Crippen molar-refractivity contribution in [3.8, 4) is 17.6 Å². The highest BCUT2D eigenvalue weighted by Gasteiger charge is 2.40. The molecule has 3 nitrogen and oxygen atoms in total. The molecule has 1 aliphatic carbocycles. The van der Waals surface area contributed by atoms with Gasteiger partial charge in [-0.3, -0.25) is 0 Å². The average molecular weight is 203 g/mol. The maximum Gasteiger partial charge on any atom is 0.139 e. The zero-order valence-electron chi connectivity index (χ0n) is 8.33. The molecule has 2 rings (SSSR count). The zero-order chi connectivity index (χ0) is 10.9. The van der Waals surface area contributed by atoms with Crippen LogP contribution >= 0.6 is 0 Å². The van der Waals surface area contributed by atoms with E-state index in [1.165, 1.54) is 6.07 Å². The molecule has 1 aromatic rings. The van der Waals surface area contributed by atoms with Crippen molar-refractivity contribution in [2.45, 2.75) is 12.8 Å². The van der Waals surface area contributed by atoms with Crippen LogP contribution in [0.4, 0.5) is 5.69 Å². The van der Waals surface area contributed by atoms with Crippen LogP contribution in [-0.2, 0) is 0 Å². The van der Waals surface area contributed by atoms with Crippen molar-refractivity contribution < 1.29 is 10.2 Å². The highest BCUT2D eigenvalue weighted by molar-refractivity contribution is 5.56. The molecule has 0 saturated heterocycles. The van der Waals surface area contributed by atoms with Crippen molar-refractivity contribution in [1.82, 2.24) is 0 Å². The van der Waals surface area contributed by atoms with Gasteiger partial charge in [-0.25, -0.2) is 0 Å². The third-order valence-corrected chi connectivity index (χ3v) is 2.66. The zero-order valence-corrected chi connectivity index (χ0v) is 8.33. The maximum atomic E-state index is 9.36. The van der Waals surface area contributed by atoms with Crippen LogP contribution in [0.2, 0.25) is 0 Å². The Kier molecular flexibility index (Phi) is 2.29. The second-order valence-corrected chi connectivity index (χ2v) is 3.96. The number of nitrogens with two attached hydrogens (primary N) is 1. The molecule has 0 amide bonds. The van der Waals surface area contributed by atoms with Crippen LogP contribution in [0.3, 0.4) is 0 Å². The van der Waals surface area contributed by atoms with Crippen LogP contribution in [-0.4, -0.2) is 16.8 Å². The summed E-state index contributed by atoms with van der Waals surface area (Å²) in [5.74, 6) is 6.02. The molecule has 0 aromatic heterocycles. The number of rotatable bonds is 1. The van der Waals surface area contributed by atoms with Gasteiger partial charge in [0, 0.05) is 5.56 Å². The SMILES string of the molecule is Nc1ccc(C#CC2(CO)CC2)cc1O. The number of aliphatic hydroxyl groups is 1. The summed E-state index contributed by atoms with van der Waals surface area (Å²) in [6, 6.07) is 4.92. The van der Waals surface area contributed by atoms with Gasteiger partial charge in [-0.05, 0) is 31.0 Å². The largest absolute Gasteiger partial charge is 0.506 e. The highest BCUT2D eigenvalue weighted by atomic mass is 16.3. The Hall–Kier alpha value is -1.66. The van der Waals surface area contributed by atoms with E-state index in [2.05, 4.69) is 11.8 Å². The summed E-state index contributed by atoms with van der Waals surface area (Å²) >= 11 is 0. The number of nitrogen functional groups attached to an aromatic ring is 1. The van der Waals surface area contributed by atoms with Crippen molar-refractivity contribution >= 4 is 5.69 Å². The van der Waals surface area contributed by atoms with E-state index in [-0.39, 0.29) is 17.8 Å². The molecule has 0 spiro atoms. The van der Waals surface area contributed by atoms with Crippen LogP contribution in [0.1, 0.15) is 18.4 Å². The molecule has 0 unspecified atom stereocenters. The minimum atomic E-state index is -0.184. The molecule has 0 heterocycles. The molecule has 0 aliphatic heterocycles.